The molecule has 9 heteroatoms. The number of hydrogen-bond acceptors (Lipinski definition) is 6. The number of carbonyl (C=O) groups is 2. The molecule has 0 bridgehead atoms. The molecule has 0 unspecified atom stereocenters. The smallest absolute Gasteiger partial charge is 0.270 e. The first kappa shape index (κ1) is 17.5. The summed E-state index contributed by atoms with van der Waals surface area (Å²) in [6.45, 7) is 0.841. The summed E-state index contributed by atoms with van der Waals surface area (Å²) >= 11 is 13.6. The van der Waals surface area contributed by atoms with Crippen molar-refractivity contribution in [1.82, 2.24) is 5.32 Å². The van der Waals surface area contributed by atoms with Gasteiger partial charge in [0.1, 0.15) is 21.6 Å². The second-order valence-electron chi connectivity index (χ2n) is 5.48. The first-order valence-corrected chi connectivity index (χ1v) is 10.1. The van der Waals surface area contributed by atoms with Crippen LogP contribution in [0.4, 0.5) is 5.69 Å². The number of anilines is 1. The Morgan fingerprint density at radius 1 is 1.38 bits per heavy atom. The van der Waals surface area contributed by atoms with E-state index >= 15 is 0 Å². The zero-order valence-corrected chi connectivity index (χ0v) is 16.4. The van der Waals surface area contributed by atoms with Crippen LogP contribution in [0.3, 0.4) is 0 Å². The minimum atomic E-state index is -0.215. The molecule has 3 heterocycles. The van der Waals surface area contributed by atoms with Gasteiger partial charge in [-0.3, -0.25) is 9.59 Å². The Balaban J connectivity index is 1.70. The third-order valence-corrected chi connectivity index (χ3v) is 6.33. The normalized spacial score (nSPS) is 17.9. The van der Waals surface area contributed by atoms with E-state index in [2.05, 4.69) is 5.32 Å². The van der Waals surface area contributed by atoms with Crippen LogP contribution < -0.4 is 15.0 Å². The summed E-state index contributed by atoms with van der Waals surface area (Å²) in [6, 6.07) is 7.18. The Kier molecular flexibility index (Phi) is 4.74. The fourth-order valence-electron chi connectivity index (χ4n) is 2.68. The van der Waals surface area contributed by atoms with Crippen LogP contribution in [0, 0.1) is 0 Å². The van der Waals surface area contributed by atoms with Gasteiger partial charge in [-0.05, 0) is 35.2 Å². The number of fused-ring (bicyclic) bond motifs is 1. The van der Waals surface area contributed by atoms with Gasteiger partial charge in [-0.1, -0.05) is 41.6 Å². The van der Waals surface area contributed by atoms with Gasteiger partial charge in [-0.25, -0.2) is 0 Å². The number of thioether (sulfide) groups is 1. The quantitative estimate of drug-likeness (QED) is 0.587. The van der Waals surface area contributed by atoms with Gasteiger partial charge in [-0.15, -0.1) is 11.3 Å². The van der Waals surface area contributed by atoms with Crippen LogP contribution >= 0.6 is 46.9 Å². The summed E-state index contributed by atoms with van der Waals surface area (Å²) in [5.41, 5.74) is 1.44. The van der Waals surface area contributed by atoms with Gasteiger partial charge >= 0.3 is 0 Å². The lowest BCUT2D eigenvalue weighted by molar-refractivity contribution is -0.115. The van der Waals surface area contributed by atoms with Gasteiger partial charge < -0.3 is 15.0 Å². The van der Waals surface area contributed by atoms with E-state index in [9.17, 15) is 9.59 Å². The monoisotopic (exact) mass is 422 g/mol. The van der Waals surface area contributed by atoms with Gasteiger partial charge in [0, 0.05) is 0 Å². The molecule has 0 spiro atoms. The van der Waals surface area contributed by atoms with Crippen molar-refractivity contribution in [3.8, 4) is 5.75 Å². The number of thiocarbonyl (C=S) groups is 1. The van der Waals surface area contributed by atoms with Crippen LogP contribution in [-0.2, 0) is 4.79 Å². The van der Waals surface area contributed by atoms with Gasteiger partial charge in [0.2, 0.25) is 0 Å². The van der Waals surface area contributed by atoms with E-state index in [-0.39, 0.29) is 11.8 Å². The zero-order chi connectivity index (χ0) is 18.3. The summed E-state index contributed by atoms with van der Waals surface area (Å²) in [6.07, 6.45) is 1.75. The summed E-state index contributed by atoms with van der Waals surface area (Å²) in [5, 5.41) is 4.82. The number of carbonyl (C=O) groups excluding carboxylic acids is 2. The number of amides is 2. The SMILES string of the molecule is O=C1NC(=S)S/C1=C\c1ccc2c(c1)N(C(=O)c1sccc1Cl)CCO2. The summed E-state index contributed by atoms with van der Waals surface area (Å²) < 4.78 is 6.10. The fourth-order valence-corrected chi connectivity index (χ4v) is 4.81. The van der Waals surface area contributed by atoms with Crippen LogP contribution in [0.5, 0.6) is 5.75 Å². The van der Waals surface area contributed by atoms with Crippen molar-refractivity contribution >= 4 is 74.8 Å². The molecule has 0 radical (unpaired) electrons. The third-order valence-electron chi connectivity index (χ3n) is 3.84. The lowest BCUT2D eigenvalue weighted by Gasteiger charge is -2.29. The molecule has 2 aromatic rings. The maximum Gasteiger partial charge on any atom is 0.270 e. The third kappa shape index (κ3) is 3.25. The van der Waals surface area contributed by atoms with E-state index < -0.39 is 0 Å². The van der Waals surface area contributed by atoms with Crippen molar-refractivity contribution < 1.29 is 14.3 Å². The molecule has 0 atom stereocenters. The minimum Gasteiger partial charge on any atom is -0.490 e. The Bertz CT molecular complexity index is 970. The molecule has 1 fully saturated rings. The van der Waals surface area contributed by atoms with Gasteiger partial charge in [0.05, 0.1) is 22.2 Å². The number of ether oxygens (including phenoxy) is 1. The molecule has 0 saturated carbocycles. The predicted molar refractivity (Wildman–Crippen MR) is 109 cm³/mol. The summed E-state index contributed by atoms with van der Waals surface area (Å²) in [4.78, 5) is 27.4. The second-order valence-corrected chi connectivity index (χ2v) is 8.52. The zero-order valence-electron chi connectivity index (χ0n) is 13.2. The van der Waals surface area contributed by atoms with Gasteiger partial charge in [0.25, 0.3) is 11.8 Å². The van der Waals surface area contributed by atoms with Crippen molar-refractivity contribution in [2.75, 3.05) is 18.1 Å². The molecule has 1 saturated heterocycles. The molecule has 4 rings (SSSR count). The highest BCUT2D eigenvalue weighted by Crippen LogP contribution is 2.36. The van der Waals surface area contributed by atoms with Crippen LogP contribution in [-0.4, -0.2) is 29.3 Å². The molecule has 1 N–H and O–H groups in total. The largest absolute Gasteiger partial charge is 0.490 e. The van der Waals surface area contributed by atoms with Crippen LogP contribution in [0.2, 0.25) is 5.02 Å². The highest BCUT2D eigenvalue weighted by molar-refractivity contribution is 8.26. The molecular formula is C17H11ClN2O3S3. The maximum absolute atomic E-state index is 12.9. The highest BCUT2D eigenvalue weighted by atomic mass is 35.5. The van der Waals surface area contributed by atoms with E-state index in [1.54, 1.807) is 28.5 Å². The minimum absolute atomic E-state index is 0.159. The van der Waals surface area contributed by atoms with E-state index in [1.165, 1.54) is 23.1 Å². The number of thiophene rings is 1. The summed E-state index contributed by atoms with van der Waals surface area (Å²) in [5.74, 6) is 0.249. The molecule has 132 valence electrons. The Morgan fingerprint density at radius 2 is 2.23 bits per heavy atom. The average molecular weight is 423 g/mol. The van der Waals surface area contributed by atoms with Crippen LogP contribution in [0.1, 0.15) is 15.2 Å². The lowest BCUT2D eigenvalue weighted by atomic mass is 10.1. The Labute approximate surface area is 168 Å². The molecule has 5 nitrogen and oxygen atoms in total. The molecule has 2 aliphatic rings. The maximum atomic E-state index is 12.9. The van der Waals surface area contributed by atoms with E-state index in [0.717, 1.165) is 5.56 Å². The fraction of sp³-hybridized carbons (Fsp3) is 0.118. The molecule has 1 aromatic carbocycles. The highest BCUT2D eigenvalue weighted by Gasteiger charge is 2.27. The van der Waals surface area contributed by atoms with E-state index in [0.29, 0.717) is 43.7 Å². The van der Waals surface area contributed by atoms with Crippen molar-refractivity contribution in [2.24, 2.45) is 0 Å². The second kappa shape index (κ2) is 7.03. The number of hydrogen-bond donors (Lipinski definition) is 1. The van der Waals surface area contributed by atoms with E-state index in [4.69, 9.17) is 28.6 Å². The van der Waals surface area contributed by atoms with Crippen LogP contribution in [0.15, 0.2) is 34.6 Å². The number of rotatable bonds is 2. The molecule has 2 aliphatic heterocycles. The molecule has 1 aromatic heterocycles. The first-order valence-electron chi connectivity index (χ1n) is 7.59. The lowest BCUT2D eigenvalue weighted by Crippen LogP contribution is -2.37. The van der Waals surface area contributed by atoms with Crippen molar-refractivity contribution in [3.63, 3.8) is 0 Å². The molecule has 0 aliphatic carbocycles. The predicted octanol–water partition coefficient (Wildman–Crippen LogP) is 3.93. The molecular weight excluding hydrogens is 412 g/mol. The Hall–Kier alpha value is -1.87. The van der Waals surface area contributed by atoms with Crippen molar-refractivity contribution in [1.29, 1.82) is 0 Å². The van der Waals surface area contributed by atoms with Crippen molar-refractivity contribution in [2.45, 2.75) is 0 Å². The average Bonchev–Trinajstić information content (AvgIpc) is 3.18. The molecule has 2 amide bonds. The van der Waals surface area contributed by atoms with Gasteiger partial charge in [-0.2, -0.15) is 0 Å². The number of benzene rings is 1. The topological polar surface area (TPSA) is 58.6 Å². The van der Waals surface area contributed by atoms with E-state index in [1.807, 2.05) is 12.1 Å². The van der Waals surface area contributed by atoms with Crippen molar-refractivity contribution in [3.05, 3.63) is 50.0 Å². The molecule has 26 heavy (non-hydrogen) atoms. The first-order chi connectivity index (χ1) is 12.5. The van der Waals surface area contributed by atoms with Crippen LogP contribution in [0.25, 0.3) is 6.08 Å². The number of nitrogens with one attached hydrogen (secondary N) is 1. The van der Waals surface area contributed by atoms with Gasteiger partial charge in [0.15, 0.2) is 0 Å². The standard InChI is InChI=1S/C17H11ClN2O3S3/c18-10-3-6-25-14(10)16(22)20-4-5-23-12-2-1-9(7-11(12)20)8-13-15(21)19-17(24)26-13/h1-3,6-8H,4-5H2,(H,19,21,24)/b13-8-. The summed E-state index contributed by atoms with van der Waals surface area (Å²) in [7, 11) is 0. The Morgan fingerprint density at radius 3 is 2.92 bits per heavy atom. The number of halogens is 1. The number of nitrogens with zero attached hydrogens (tertiary/aromatic N) is 1.